The number of aliphatic carboxylic acids is 1. The van der Waals surface area contributed by atoms with Gasteiger partial charge in [0, 0.05) is 17.4 Å². The number of fused-ring (bicyclic) bond motifs is 3. The summed E-state index contributed by atoms with van der Waals surface area (Å²) in [7, 11) is 1.69. The van der Waals surface area contributed by atoms with E-state index in [0.717, 1.165) is 5.75 Å². The molecule has 2 N–H and O–H groups in total. The standard InChI is InChI=1S/C18H19NO2S/c1-19-17(18(20)21)11-22-10-16-14-8-4-2-6-12(14)13-7-3-5-9-15(13)16/h2-9,16-17,19H,10-11H2,1H3,(H,20,21)/t17-/m1/s1. The number of thioether (sulfide) groups is 1. The lowest BCUT2D eigenvalue weighted by atomic mass is 9.99. The average Bonchev–Trinajstić information content (AvgIpc) is 2.86. The zero-order valence-electron chi connectivity index (χ0n) is 12.5. The Balaban J connectivity index is 1.78. The molecule has 0 amide bonds. The molecule has 22 heavy (non-hydrogen) atoms. The molecule has 0 unspecified atom stereocenters. The summed E-state index contributed by atoms with van der Waals surface area (Å²) in [6, 6.07) is 16.5. The predicted octanol–water partition coefficient (Wildman–Crippen LogP) is 3.20. The molecule has 1 atom stereocenters. The fourth-order valence-electron chi connectivity index (χ4n) is 3.02. The highest BCUT2D eigenvalue weighted by Gasteiger charge is 2.28. The van der Waals surface area contributed by atoms with Crippen LogP contribution in [-0.4, -0.2) is 35.7 Å². The van der Waals surface area contributed by atoms with E-state index >= 15 is 0 Å². The van der Waals surface area contributed by atoms with E-state index in [9.17, 15) is 4.79 Å². The maximum Gasteiger partial charge on any atom is 0.321 e. The van der Waals surface area contributed by atoms with Crippen LogP contribution in [0.1, 0.15) is 17.0 Å². The smallest absolute Gasteiger partial charge is 0.321 e. The van der Waals surface area contributed by atoms with E-state index in [1.807, 2.05) is 0 Å². The van der Waals surface area contributed by atoms with Gasteiger partial charge in [0.05, 0.1) is 0 Å². The monoisotopic (exact) mass is 313 g/mol. The van der Waals surface area contributed by atoms with Gasteiger partial charge in [-0.05, 0) is 29.3 Å². The maximum absolute atomic E-state index is 11.1. The van der Waals surface area contributed by atoms with Gasteiger partial charge in [0.15, 0.2) is 0 Å². The quantitative estimate of drug-likeness (QED) is 0.860. The minimum Gasteiger partial charge on any atom is -0.480 e. The van der Waals surface area contributed by atoms with Crippen LogP contribution in [0, 0.1) is 0 Å². The average molecular weight is 313 g/mol. The molecule has 0 aromatic heterocycles. The fraction of sp³-hybridized carbons (Fsp3) is 0.278. The van der Waals surface area contributed by atoms with Crippen molar-refractivity contribution in [2.45, 2.75) is 12.0 Å². The lowest BCUT2D eigenvalue weighted by molar-refractivity contribution is -0.138. The first-order chi connectivity index (χ1) is 10.7. The maximum atomic E-state index is 11.1. The van der Waals surface area contributed by atoms with Gasteiger partial charge in [0.25, 0.3) is 0 Å². The van der Waals surface area contributed by atoms with Gasteiger partial charge >= 0.3 is 5.97 Å². The summed E-state index contributed by atoms with van der Waals surface area (Å²) in [5, 5.41) is 11.9. The minimum absolute atomic E-state index is 0.351. The molecule has 114 valence electrons. The molecule has 2 aromatic rings. The third kappa shape index (κ3) is 2.76. The lowest BCUT2D eigenvalue weighted by Crippen LogP contribution is -2.36. The van der Waals surface area contributed by atoms with Gasteiger partial charge < -0.3 is 10.4 Å². The summed E-state index contributed by atoms with van der Waals surface area (Å²) in [6.07, 6.45) is 0. The number of rotatable bonds is 6. The molecule has 2 aromatic carbocycles. The van der Waals surface area contributed by atoms with Crippen LogP contribution in [0.4, 0.5) is 0 Å². The Morgan fingerprint density at radius 1 is 1.14 bits per heavy atom. The van der Waals surface area contributed by atoms with Gasteiger partial charge in [-0.1, -0.05) is 48.5 Å². The SMILES string of the molecule is CN[C@H](CSCC1c2ccccc2-c2ccccc21)C(=O)O. The summed E-state index contributed by atoms with van der Waals surface area (Å²) in [6.45, 7) is 0. The number of hydrogen-bond donors (Lipinski definition) is 2. The molecule has 3 rings (SSSR count). The summed E-state index contributed by atoms with van der Waals surface area (Å²) < 4.78 is 0. The number of nitrogens with one attached hydrogen (secondary N) is 1. The number of carbonyl (C=O) groups is 1. The first-order valence-corrected chi connectivity index (χ1v) is 8.54. The Hall–Kier alpha value is -1.78. The van der Waals surface area contributed by atoms with Crippen molar-refractivity contribution in [3.8, 4) is 11.1 Å². The van der Waals surface area contributed by atoms with E-state index in [-0.39, 0.29) is 0 Å². The van der Waals surface area contributed by atoms with Crippen LogP contribution in [0.15, 0.2) is 48.5 Å². The Kier molecular flexibility index (Phi) is 4.50. The number of carboxylic acids is 1. The lowest BCUT2D eigenvalue weighted by Gasteiger charge is -2.15. The second-order valence-electron chi connectivity index (χ2n) is 5.44. The zero-order chi connectivity index (χ0) is 15.5. The second kappa shape index (κ2) is 6.55. The van der Waals surface area contributed by atoms with Gasteiger partial charge in [-0.25, -0.2) is 0 Å². The van der Waals surface area contributed by atoms with E-state index in [1.54, 1.807) is 18.8 Å². The van der Waals surface area contributed by atoms with Crippen molar-refractivity contribution >= 4 is 17.7 Å². The molecule has 1 aliphatic rings. The van der Waals surface area contributed by atoms with E-state index in [4.69, 9.17) is 5.11 Å². The molecule has 4 heteroatoms. The van der Waals surface area contributed by atoms with Crippen LogP contribution in [0.2, 0.25) is 0 Å². The largest absolute Gasteiger partial charge is 0.480 e. The van der Waals surface area contributed by atoms with Crippen molar-refractivity contribution < 1.29 is 9.90 Å². The van der Waals surface area contributed by atoms with Crippen LogP contribution in [0.3, 0.4) is 0 Å². The molecule has 0 heterocycles. The highest BCUT2D eigenvalue weighted by atomic mass is 32.2. The van der Waals surface area contributed by atoms with Crippen LogP contribution < -0.4 is 5.32 Å². The van der Waals surface area contributed by atoms with Crippen LogP contribution in [0.5, 0.6) is 0 Å². The van der Waals surface area contributed by atoms with Crippen molar-refractivity contribution in [3.63, 3.8) is 0 Å². The van der Waals surface area contributed by atoms with Crippen molar-refractivity contribution in [3.05, 3.63) is 59.7 Å². The van der Waals surface area contributed by atoms with Gasteiger partial charge in [0.1, 0.15) is 6.04 Å². The van der Waals surface area contributed by atoms with Crippen molar-refractivity contribution in [1.82, 2.24) is 5.32 Å². The van der Waals surface area contributed by atoms with Gasteiger partial charge in [-0.3, -0.25) is 4.79 Å². The molecule has 0 saturated heterocycles. The number of benzene rings is 2. The molecular weight excluding hydrogens is 294 g/mol. The summed E-state index contributed by atoms with van der Waals surface area (Å²) in [4.78, 5) is 11.1. The highest BCUT2D eigenvalue weighted by molar-refractivity contribution is 7.99. The minimum atomic E-state index is -0.790. The van der Waals surface area contributed by atoms with Gasteiger partial charge in [-0.15, -0.1) is 0 Å². The number of hydrogen-bond acceptors (Lipinski definition) is 3. The Bertz CT molecular complexity index is 641. The molecule has 0 radical (unpaired) electrons. The Morgan fingerprint density at radius 2 is 1.68 bits per heavy atom. The number of carboxylic acid groups (broad SMARTS) is 1. The normalized spacial score (nSPS) is 14.4. The molecule has 3 nitrogen and oxygen atoms in total. The molecule has 0 bridgehead atoms. The van der Waals surface area contributed by atoms with Crippen LogP contribution >= 0.6 is 11.8 Å². The van der Waals surface area contributed by atoms with Gasteiger partial charge in [-0.2, -0.15) is 11.8 Å². The summed E-state index contributed by atoms with van der Waals surface area (Å²) in [5.74, 6) is 1.04. The molecule has 0 saturated carbocycles. The van der Waals surface area contributed by atoms with E-state index in [0.29, 0.717) is 11.7 Å². The first kappa shape index (κ1) is 15.1. The Labute approximate surface area is 134 Å². The highest BCUT2D eigenvalue weighted by Crippen LogP contribution is 2.45. The van der Waals surface area contributed by atoms with Crippen molar-refractivity contribution in [2.75, 3.05) is 18.6 Å². The van der Waals surface area contributed by atoms with Gasteiger partial charge in [0.2, 0.25) is 0 Å². The predicted molar refractivity (Wildman–Crippen MR) is 91.5 cm³/mol. The molecule has 0 fully saturated rings. The zero-order valence-corrected chi connectivity index (χ0v) is 13.3. The van der Waals surface area contributed by atoms with E-state index in [1.165, 1.54) is 22.3 Å². The first-order valence-electron chi connectivity index (χ1n) is 7.38. The third-order valence-corrected chi connectivity index (χ3v) is 5.32. The summed E-state index contributed by atoms with van der Waals surface area (Å²) in [5.41, 5.74) is 5.33. The van der Waals surface area contributed by atoms with Crippen molar-refractivity contribution in [1.29, 1.82) is 0 Å². The van der Waals surface area contributed by atoms with Crippen LogP contribution in [0.25, 0.3) is 11.1 Å². The topological polar surface area (TPSA) is 49.3 Å². The molecule has 0 aliphatic heterocycles. The second-order valence-corrected chi connectivity index (χ2v) is 6.52. The molecule has 0 spiro atoms. The number of likely N-dealkylation sites (N-methyl/N-ethyl adjacent to an activating group) is 1. The van der Waals surface area contributed by atoms with Crippen LogP contribution in [-0.2, 0) is 4.79 Å². The van der Waals surface area contributed by atoms with E-state index < -0.39 is 12.0 Å². The third-order valence-electron chi connectivity index (χ3n) is 4.18. The summed E-state index contributed by atoms with van der Waals surface area (Å²) >= 11 is 1.70. The van der Waals surface area contributed by atoms with Crippen molar-refractivity contribution in [2.24, 2.45) is 0 Å². The van der Waals surface area contributed by atoms with E-state index in [2.05, 4.69) is 53.8 Å². The Morgan fingerprint density at radius 3 is 2.18 bits per heavy atom. The molecule has 1 aliphatic carbocycles. The molecular formula is C18H19NO2S. The fourth-order valence-corrected chi connectivity index (χ4v) is 4.30.